The molecule has 0 saturated heterocycles. The van der Waals surface area contributed by atoms with Crippen LogP contribution in [0.3, 0.4) is 0 Å². The van der Waals surface area contributed by atoms with Crippen molar-refractivity contribution in [2.24, 2.45) is 5.92 Å². The number of pyridine rings is 1. The minimum atomic E-state index is 0.743. The zero-order valence-electron chi connectivity index (χ0n) is 12.4. The fraction of sp³-hybridized carbons (Fsp3) is 0.588. The molecule has 0 spiro atoms. The van der Waals surface area contributed by atoms with E-state index in [2.05, 4.69) is 34.1 Å². The molecule has 0 bridgehead atoms. The highest BCUT2D eigenvalue weighted by Crippen LogP contribution is 2.32. The zero-order valence-corrected chi connectivity index (χ0v) is 13.2. The molecule has 3 nitrogen and oxygen atoms in total. The molecule has 4 heteroatoms. The van der Waals surface area contributed by atoms with Gasteiger partial charge in [0.15, 0.2) is 0 Å². The minimum absolute atomic E-state index is 0.743. The minimum Gasteiger partial charge on any atom is -0.308 e. The van der Waals surface area contributed by atoms with Crippen LogP contribution in [-0.4, -0.2) is 21.2 Å². The van der Waals surface area contributed by atoms with Crippen molar-refractivity contribution in [1.82, 2.24) is 14.7 Å². The molecule has 1 N–H and O–H groups in total. The molecule has 21 heavy (non-hydrogen) atoms. The van der Waals surface area contributed by atoms with Crippen LogP contribution in [0, 0.1) is 5.92 Å². The van der Waals surface area contributed by atoms with Gasteiger partial charge in [-0.3, -0.25) is 0 Å². The van der Waals surface area contributed by atoms with Crippen LogP contribution in [-0.2, 0) is 6.54 Å². The van der Waals surface area contributed by atoms with Crippen molar-refractivity contribution in [2.75, 3.05) is 5.75 Å². The van der Waals surface area contributed by atoms with E-state index in [1.807, 2.05) is 11.8 Å². The lowest BCUT2D eigenvalue weighted by molar-refractivity contribution is 0.622. The molecule has 0 aliphatic heterocycles. The maximum atomic E-state index is 4.86. The number of fused-ring (bicyclic) bond motifs is 1. The number of hydrogen-bond acceptors (Lipinski definition) is 3. The highest BCUT2D eigenvalue weighted by atomic mass is 32.2. The Bertz CT molecular complexity index is 612. The summed E-state index contributed by atoms with van der Waals surface area (Å²) in [4.78, 5) is 4.86. The van der Waals surface area contributed by atoms with Gasteiger partial charge in [0.2, 0.25) is 0 Å². The molecule has 2 aliphatic carbocycles. The number of thioether (sulfide) groups is 1. The Morgan fingerprint density at radius 1 is 1.19 bits per heavy atom. The van der Waals surface area contributed by atoms with E-state index in [1.54, 1.807) is 0 Å². The van der Waals surface area contributed by atoms with Gasteiger partial charge in [0, 0.05) is 24.5 Å². The lowest BCUT2D eigenvalue weighted by Crippen LogP contribution is -2.17. The second-order valence-electron chi connectivity index (χ2n) is 6.41. The lowest BCUT2D eigenvalue weighted by Gasteiger charge is -2.09. The quantitative estimate of drug-likeness (QED) is 0.821. The number of hydrogen-bond donors (Lipinski definition) is 1. The smallest absolute Gasteiger partial charge is 0.138 e. The van der Waals surface area contributed by atoms with Crippen LogP contribution < -0.4 is 5.32 Å². The van der Waals surface area contributed by atoms with Gasteiger partial charge in [-0.1, -0.05) is 18.9 Å². The van der Waals surface area contributed by atoms with E-state index in [-0.39, 0.29) is 0 Å². The SMILES string of the molecule is c1ccn2c(CNC3CC3)c(SCC3CCCC3)nc2c1. The predicted octanol–water partition coefficient (Wildman–Crippen LogP) is 3.87. The standard InChI is InChI=1S/C17H23N3S/c1-2-6-13(5-1)12-21-17-15(11-18-14-8-9-14)20-10-4-3-7-16(20)19-17/h3-4,7,10,13-14,18H,1-2,5-6,8-9,11-12H2. The first-order valence-electron chi connectivity index (χ1n) is 8.22. The van der Waals surface area contributed by atoms with Crippen molar-refractivity contribution in [1.29, 1.82) is 0 Å². The van der Waals surface area contributed by atoms with E-state index < -0.39 is 0 Å². The van der Waals surface area contributed by atoms with Crippen molar-refractivity contribution in [3.8, 4) is 0 Å². The normalized spacial score (nSPS) is 19.6. The van der Waals surface area contributed by atoms with E-state index in [1.165, 1.54) is 55.0 Å². The first-order chi connectivity index (χ1) is 10.4. The van der Waals surface area contributed by atoms with Gasteiger partial charge in [0.05, 0.1) is 5.69 Å². The highest BCUT2D eigenvalue weighted by molar-refractivity contribution is 7.99. The maximum absolute atomic E-state index is 4.86. The van der Waals surface area contributed by atoms with Gasteiger partial charge in [-0.15, -0.1) is 11.8 Å². The molecular weight excluding hydrogens is 278 g/mol. The highest BCUT2D eigenvalue weighted by Gasteiger charge is 2.23. The van der Waals surface area contributed by atoms with Crippen molar-refractivity contribution < 1.29 is 0 Å². The van der Waals surface area contributed by atoms with Crippen molar-refractivity contribution in [2.45, 2.75) is 56.1 Å². The molecular formula is C17H23N3S. The van der Waals surface area contributed by atoms with Gasteiger partial charge in [-0.05, 0) is 43.7 Å². The summed E-state index contributed by atoms with van der Waals surface area (Å²) in [7, 11) is 0. The fourth-order valence-electron chi connectivity index (χ4n) is 3.20. The average Bonchev–Trinajstić information content (AvgIpc) is 3.07. The fourth-order valence-corrected chi connectivity index (χ4v) is 4.43. The van der Waals surface area contributed by atoms with Crippen molar-refractivity contribution in [3.05, 3.63) is 30.1 Å². The van der Waals surface area contributed by atoms with Crippen LogP contribution in [0.5, 0.6) is 0 Å². The predicted molar refractivity (Wildman–Crippen MR) is 87.7 cm³/mol. The van der Waals surface area contributed by atoms with Gasteiger partial charge in [0.1, 0.15) is 10.7 Å². The largest absolute Gasteiger partial charge is 0.308 e. The Morgan fingerprint density at radius 3 is 2.86 bits per heavy atom. The molecule has 2 fully saturated rings. The number of aromatic nitrogens is 2. The van der Waals surface area contributed by atoms with Gasteiger partial charge in [-0.2, -0.15) is 0 Å². The van der Waals surface area contributed by atoms with Crippen LogP contribution in [0.1, 0.15) is 44.2 Å². The molecule has 0 radical (unpaired) electrons. The first-order valence-corrected chi connectivity index (χ1v) is 9.21. The summed E-state index contributed by atoms with van der Waals surface area (Å²) < 4.78 is 2.26. The van der Waals surface area contributed by atoms with E-state index in [4.69, 9.17) is 4.98 Å². The third-order valence-corrected chi connectivity index (χ3v) is 5.90. The maximum Gasteiger partial charge on any atom is 0.138 e. The van der Waals surface area contributed by atoms with Gasteiger partial charge < -0.3 is 9.72 Å². The Hall–Kier alpha value is -1.00. The molecule has 2 aliphatic rings. The van der Waals surface area contributed by atoms with E-state index in [0.29, 0.717) is 0 Å². The molecule has 2 aromatic heterocycles. The molecule has 2 aromatic rings. The zero-order chi connectivity index (χ0) is 14.1. The van der Waals surface area contributed by atoms with Crippen LogP contribution in [0.25, 0.3) is 5.65 Å². The molecule has 0 atom stereocenters. The second kappa shape index (κ2) is 6.01. The van der Waals surface area contributed by atoms with Crippen LogP contribution in [0.4, 0.5) is 0 Å². The third-order valence-electron chi connectivity index (χ3n) is 4.66. The van der Waals surface area contributed by atoms with Gasteiger partial charge in [-0.25, -0.2) is 4.98 Å². The molecule has 0 unspecified atom stereocenters. The molecule has 0 aromatic carbocycles. The first kappa shape index (κ1) is 13.6. The summed E-state index contributed by atoms with van der Waals surface area (Å²) in [6, 6.07) is 7.03. The second-order valence-corrected chi connectivity index (χ2v) is 7.42. The summed E-state index contributed by atoms with van der Waals surface area (Å²) in [6.07, 6.45) is 10.5. The van der Waals surface area contributed by atoms with E-state index >= 15 is 0 Å². The molecule has 112 valence electrons. The molecule has 0 amide bonds. The topological polar surface area (TPSA) is 29.3 Å². The summed E-state index contributed by atoms with van der Waals surface area (Å²) in [5, 5.41) is 4.88. The van der Waals surface area contributed by atoms with Crippen molar-refractivity contribution in [3.63, 3.8) is 0 Å². The molecule has 2 saturated carbocycles. The van der Waals surface area contributed by atoms with Crippen LogP contribution in [0.2, 0.25) is 0 Å². The number of rotatable bonds is 6. The summed E-state index contributed by atoms with van der Waals surface area (Å²) in [5.74, 6) is 2.14. The van der Waals surface area contributed by atoms with Crippen molar-refractivity contribution >= 4 is 17.4 Å². The van der Waals surface area contributed by atoms with Gasteiger partial charge in [0.25, 0.3) is 0 Å². The Labute approximate surface area is 130 Å². The Kier molecular flexibility index (Phi) is 3.91. The number of imidazole rings is 1. The summed E-state index contributed by atoms with van der Waals surface area (Å²) in [6.45, 7) is 0.947. The summed E-state index contributed by atoms with van der Waals surface area (Å²) in [5.41, 5.74) is 2.43. The van der Waals surface area contributed by atoms with Crippen LogP contribution in [0.15, 0.2) is 29.4 Å². The monoisotopic (exact) mass is 301 g/mol. The Morgan fingerprint density at radius 2 is 2.05 bits per heavy atom. The van der Waals surface area contributed by atoms with Crippen LogP contribution >= 0.6 is 11.8 Å². The summed E-state index contributed by atoms with van der Waals surface area (Å²) >= 11 is 1.97. The third kappa shape index (κ3) is 3.11. The van der Waals surface area contributed by atoms with E-state index in [0.717, 1.165) is 24.2 Å². The molecule has 4 rings (SSSR count). The lowest BCUT2D eigenvalue weighted by atomic mass is 10.1. The average molecular weight is 301 g/mol. The number of nitrogens with zero attached hydrogens (tertiary/aromatic N) is 2. The van der Waals surface area contributed by atoms with E-state index in [9.17, 15) is 0 Å². The Balaban J connectivity index is 1.54. The number of nitrogens with one attached hydrogen (secondary N) is 1. The van der Waals surface area contributed by atoms with Gasteiger partial charge >= 0.3 is 0 Å². The molecule has 2 heterocycles.